The number of nitrogens with one attached hydrogen (secondary N) is 1. The Labute approximate surface area is 138 Å². The van der Waals surface area contributed by atoms with Crippen molar-refractivity contribution < 1.29 is 19.5 Å². The highest BCUT2D eigenvalue weighted by Gasteiger charge is 2.22. The summed E-state index contributed by atoms with van der Waals surface area (Å²) in [5, 5.41) is 8.86. The molecule has 0 saturated carbocycles. The maximum Gasteiger partial charge on any atom is 0.407 e. The lowest BCUT2D eigenvalue weighted by molar-refractivity contribution is -0.0328. The van der Waals surface area contributed by atoms with Gasteiger partial charge in [-0.2, -0.15) is 0 Å². The predicted molar refractivity (Wildman–Crippen MR) is 86.0 cm³/mol. The molecule has 1 fully saturated rings. The van der Waals surface area contributed by atoms with E-state index in [0.717, 1.165) is 17.7 Å². The van der Waals surface area contributed by atoms with Gasteiger partial charge in [-0.15, -0.1) is 11.3 Å². The molecule has 1 amide bonds. The van der Waals surface area contributed by atoms with Crippen molar-refractivity contribution in [1.82, 2.24) is 10.4 Å². The summed E-state index contributed by atoms with van der Waals surface area (Å²) < 4.78 is 6.37. The third-order valence-corrected chi connectivity index (χ3v) is 4.61. The van der Waals surface area contributed by atoms with E-state index < -0.39 is 6.09 Å². The first-order valence-electron chi connectivity index (χ1n) is 6.98. The number of ether oxygens (including phenoxy) is 1. The van der Waals surface area contributed by atoms with E-state index in [1.807, 2.05) is 6.07 Å². The van der Waals surface area contributed by atoms with E-state index in [4.69, 9.17) is 26.3 Å². The van der Waals surface area contributed by atoms with Crippen LogP contribution in [-0.4, -0.2) is 48.5 Å². The van der Waals surface area contributed by atoms with E-state index in [1.165, 1.54) is 16.2 Å². The highest BCUT2D eigenvalue weighted by molar-refractivity contribution is 7.17. The van der Waals surface area contributed by atoms with Crippen LogP contribution in [0, 0.1) is 0 Å². The van der Waals surface area contributed by atoms with Crippen molar-refractivity contribution in [2.75, 3.05) is 26.3 Å². The van der Waals surface area contributed by atoms with Gasteiger partial charge in [-0.25, -0.2) is 4.79 Å². The molecule has 0 aliphatic carbocycles. The smallest absolute Gasteiger partial charge is 0.407 e. The summed E-state index contributed by atoms with van der Waals surface area (Å²) in [6.07, 6.45) is 0.678. The number of nitrogens with zero attached hydrogens (tertiary/aromatic N) is 1. The first-order chi connectivity index (χ1) is 10.6. The van der Waals surface area contributed by atoms with Crippen LogP contribution in [0.3, 0.4) is 0 Å². The number of hydrogen-bond donors (Lipinski definition) is 2. The fourth-order valence-corrected chi connectivity index (χ4v) is 3.09. The van der Waals surface area contributed by atoms with Crippen molar-refractivity contribution in [3.05, 3.63) is 27.9 Å². The van der Waals surface area contributed by atoms with E-state index in [1.54, 1.807) is 6.07 Å². The topological polar surface area (TPSA) is 71.0 Å². The number of carboxylic acid groups (broad SMARTS) is 1. The van der Waals surface area contributed by atoms with E-state index in [2.05, 4.69) is 12.1 Å². The molecule has 122 valence electrons. The van der Waals surface area contributed by atoms with Crippen molar-refractivity contribution in [2.24, 2.45) is 0 Å². The number of hydroxylamine groups is 1. The second kappa shape index (κ2) is 8.38. The van der Waals surface area contributed by atoms with Crippen LogP contribution < -0.4 is 5.48 Å². The number of piperidine rings is 1. The SMILES string of the molecule is C=C(NOCCOC1CCN(C(=O)O)CC1)c1ccc(Cl)s1. The fraction of sp³-hybridized carbons (Fsp3) is 0.500. The number of halogens is 1. The molecule has 2 N–H and O–H groups in total. The van der Waals surface area contributed by atoms with Crippen molar-refractivity contribution in [2.45, 2.75) is 18.9 Å². The van der Waals surface area contributed by atoms with E-state index in [9.17, 15) is 4.79 Å². The Balaban J connectivity index is 1.55. The number of likely N-dealkylation sites (tertiary alicyclic amines) is 1. The Kier molecular flexibility index (Phi) is 6.50. The van der Waals surface area contributed by atoms with Gasteiger partial charge in [0.15, 0.2) is 0 Å². The quantitative estimate of drug-likeness (QED) is 0.586. The zero-order chi connectivity index (χ0) is 15.9. The molecule has 1 aromatic rings. The molecule has 0 aromatic carbocycles. The van der Waals surface area contributed by atoms with Gasteiger partial charge in [-0.05, 0) is 25.0 Å². The molecule has 0 unspecified atom stereocenters. The summed E-state index contributed by atoms with van der Waals surface area (Å²) in [5.74, 6) is 0. The third kappa shape index (κ3) is 5.17. The van der Waals surface area contributed by atoms with Crippen molar-refractivity contribution in [1.29, 1.82) is 0 Å². The Bertz CT molecular complexity index is 515. The monoisotopic (exact) mass is 346 g/mol. The lowest BCUT2D eigenvalue weighted by Gasteiger charge is -2.29. The van der Waals surface area contributed by atoms with Crippen molar-refractivity contribution in [3.8, 4) is 0 Å². The second-order valence-electron chi connectivity index (χ2n) is 4.87. The van der Waals surface area contributed by atoms with Gasteiger partial charge in [-0.1, -0.05) is 18.2 Å². The van der Waals surface area contributed by atoms with Gasteiger partial charge in [0.25, 0.3) is 0 Å². The lowest BCUT2D eigenvalue weighted by Crippen LogP contribution is -2.40. The van der Waals surface area contributed by atoms with Crippen molar-refractivity contribution in [3.63, 3.8) is 0 Å². The molecule has 0 radical (unpaired) electrons. The summed E-state index contributed by atoms with van der Waals surface area (Å²) in [6, 6.07) is 3.68. The maximum absolute atomic E-state index is 10.8. The van der Waals surface area contributed by atoms with Crippen LogP contribution in [0.15, 0.2) is 18.7 Å². The molecule has 8 heteroatoms. The minimum Gasteiger partial charge on any atom is -0.465 e. The number of thiophene rings is 1. The van der Waals surface area contributed by atoms with Gasteiger partial charge >= 0.3 is 6.09 Å². The molecular weight excluding hydrogens is 328 g/mol. The number of rotatable bonds is 7. The maximum atomic E-state index is 10.8. The van der Waals surface area contributed by atoms with Crippen LogP contribution in [0.1, 0.15) is 17.7 Å². The molecule has 1 saturated heterocycles. The van der Waals surface area contributed by atoms with Crippen LogP contribution in [0.25, 0.3) is 5.70 Å². The highest BCUT2D eigenvalue weighted by atomic mass is 35.5. The molecule has 2 rings (SSSR count). The van der Waals surface area contributed by atoms with Crippen LogP contribution in [0.5, 0.6) is 0 Å². The summed E-state index contributed by atoms with van der Waals surface area (Å²) in [5.41, 5.74) is 3.42. The summed E-state index contributed by atoms with van der Waals surface area (Å²) in [6.45, 7) is 5.74. The Morgan fingerprint density at radius 1 is 1.45 bits per heavy atom. The van der Waals surface area contributed by atoms with E-state index >= 15 is 0 Å². The van der Waals surface area contributed by atoms with Gasteiger partial charge in [-0.3, -0.25) is 10.3 Å². The van der Waals surface area contributed by atoms with Gasteiger partial charge in [0.1, 0.15) is 0 Å². The predicted octanol–water partition coefficient (Wildman–Crippen LogP) is 3.05. The summed E-state index contributed by atoms with van der Waals surface area (Å²) in [7, 11) is 0. The molecule has 1 aliphatic heterocycles. The molecule has 0 spiro atoms. The molecular formula is C14H19ClN2O4S. The summed E-state index contributed by atoms with van der Waals surface area (Å²) in [4.78, 5) is 18.4. The average molecular weight is 347 g/mol. The number of amides is 1. The second-order valence-corrected chi connectivity index (χ2v) is 6.59. The minimum absolute atomic E-state index is 0.0958. The average Bonchev–Trinajstić information content (AvgIpc) is 2.94. The molecule has 2 heterocycles. The van der Waals surface area contributed by atoms with Gasteiger partial charge in [0.05, 0.1) is 34.2 Å². The first-order valence-corrected chi connectivity index (χ1v) is 8.17. The molecule has 1 aromatic heterocycles. The third-order valence-electron chi connectivity index (χ3n) is 3.32. The lowest BCUT2D eigenvalue weighted by atomic mass is 10.1. The van der Waals surface area contributed by atoms with Crippen LogP contribution in [-0.2, 0) is 9.57 Å². The highest BCUT2D eigenvalue weighted by Crippen LogP contribution is 2.25. The van der Waals surface area contributed by atoms with Crippen LogP contribution in [0.2, 0.25) is 4.34 Å². The molecule has 22 heavy (non-hydrogen) atoms. The minimum atomic E-state index is -0.863. The van der Waals surface area contributed by atoms with Gasteiger partial charge < -0.3 is 14.7 Å². The molecule has 6 nitrogen and oxygen atoms in total. The number of hydrogen-bond acceptors (Lipinski definition) is 5. The Hall–Kier alpha value is -1.28. The zero-order valence-corrected chi connectivity index (χ0v) is 13.7. The molecule has 1 aliphatic rings. The standard InChI is InChI=1S/C14H19ClN2O4S/c1-10(12-2-3-13(15)22-12)16-21-9-8-20-11-4-6-17(7-5-11)14(18)19/h2-3,11,16H,1,4-9H2,(H,18,19). The molecule has 0 bridgehead atoms. The summed E-state index contributed by atoms with van der Waals surface area (Å²) >= 11 is 7.28. The normalized spacial score (nSPS) is 15.8. The zero-order valence-electron chi connectivity index (χ0n) is 12.1. The van der Waals surface area contributed by atoms with Gasteiger partial charge in [0, 0.05) is 13.1 Å². The van der Waals surface area contributed by atoms with E-state index in [-0.39, 0.29) is 6.10 Å². The number of carbonyl (C=O) groups is 1. The Morgan fingerprint density at radius 3 is 2.77 bits per heavy atom. The van der Waals surface area contributed by atoms with Crippen molar-refractivity contribution >= 4 is 34.7 Å². The Morgan fingerprint density at radius 2 is 2.18 bits per heavy atom. The first kappa shape index (κ1) is 17.1. The largest absolute Gasteiger partial charge is 0.465 e. The molecule has 0 atom stereocenters. The van der Waals surface area contributed by atoms with E-state index in [0.29, 0.717) is 36.3 Å². The fourth-order valence-electron chi connectivity index (χ4n) is 2.14. The van der Waals surface area contributed by atoms with Crippen LogP contribution in [0.4, 0.5) is 4.79 Å². The van der Waals surface area contributed by atoms with Crippen LogP contribution >= 0.6 is 22.9 Å². The van der Waals surface area contributed by atoms with Gasteiger partial charge in [0.2, 0.25) is 0 Å².